The van der Waals surface area contributed by atoms with Gasteiger partial charge >= 0.3 is 0 Å². The Morgan fingerprint density at radius 2 is 1.95 bits per heavy atom. The molecule has 0 spiro atoms. The van der Waals surface area contributed by atoms with E-state index in [0.29, 0.717) is 11.6 Å². The first-order valence-electron chi connectivity index (χ1n) is 6.29. The molecule has 3 rings (SSSR count). The number of nitrogens with zero attached hydrogens (tertiary/aromatic N) is 1. The van der Waals surface area contributed by atoms with Crippen LogP contribution in [0.15, 0.2) is 42.5 Å². The van der Waals surface area contributed by atoms with E-state index in [0.717, 1.165) is 17.5 Å². The molecule has 0 saturated carbocycles. The number of fused-ring (bicyclic) bond motifs is 1. The van der Waals surface area contributed by atoms with Gasteiger partial charge in [0, 0.05) is 17.2 Å². The second-order valence-corrected chi connectivity index (χ2v) is 5.13. The summed E-state index contributed by atoms with van der Waals surface area (Å²) in [5.74, 6) is 0. The fourth-order valence-electron chi connectivity index (χ4n) is 2.46. The molecule has 0 radical (unpaired) electrons. The van der Waals surface area contributed by atoms with Gasteiger partial charge in [-0.2, -0.15) is 0 Å². The molecule has 0 aromatic heterocycles. The Labute approximate surface area is 121 Å². The molecule has 2 aromatic rings. The van der Waals surface area contributed by atoms with Gasteiger partial charge in [0.25, 0.3) is 5.69 Å². The zero-order valence-electron chi connectivity index (χ0n) is 10.6. The minimum Gasteiger partial charge on any atom is -0.368 e. The molecule has 1 heterocycles. The maximum Gasteiger partial charge on any atom is 0.269 e. The molecule has 102 valence electrons. The summed E-state index contributed by atoms with van der Waals surface area (Å²) < 4.78 is 5.82. The van der Waals surface area contributed by atoms with Crippen LogP contribution in [0.2, 0.25) is 5.02 Å². The molecular weight excluding hydrogens is 278 g/mol. The smallest absolute Gasteiger partial charge is 0.269 e. The highest BCUT2D eigenvalue weighted by Crippen LogP contribution is 2.34. The summed E-state index contributed by atoms with van der Waals surface area (Å²) in [6.07, 6.45) is 0.647. The zero-order valence-corrected chi connectivity index (χ0v) is 11.3. The first kappa shape index (κ1) is 13.1. The van der Waals surface area contributed by atoms with E-state index in [1.165, 1.54) is 17.7 Å². The number of hydrogen-bond acceptors (Lipinski definition) is 3. The second-order valence-electron chi connectivity index (χ2n) is 4.69. The minimum atomic E-state index is -0.406. The zero-order chi connectivity index (χ0) is 14.1. The molecule has 0 amide bonds. The summed E-state index contributed by atoms with van der Waals surface area (Å²) in [4.78, 5) is 10.3. The summed E-state index contributed by atoms with van der Waals surface area (Å²) in [5, 5.41) is 11.4. The lowest BCUT2D eigenvalue weighted by Gasteiger charge is -2.26. The Morgan fingerprint density at radius 3 is 2.65 bits per heavy atom. The van der Waals surface area contributed by atoms with E-state index in [-0.39, 0.29) is 11.8 Å². The minimum absolute atomic E-state index is 0.0795. The Morgan fingerprint density at radius 1 is 1.20 bits per heavy atom. The molecule has 1 atom stereocenters. The van der Waals surface area contributed by atoms with Gasteiger partial charge < -0.3 is 4.74 Å². The summed E-state index contributed by atoms with van der Waals surface area (Å²) in [6, 6.07) is 12.3. The van der Waals surface area contributed by atoms with E-state index in [9.17, 15) is 10.1 Å². The molecule has 20 heavy (non-hydrogen) atoms. The predicted molar refractivity (Wildman–Crippen MR) is 76.0 cm³/mol. The number of halogens is 1. The first-order chi connectivity index (χ1) is 9.65. The van der Waals surface area contributed by atoms with Crippen molar-refractivity contribution in [2.45, 2.75) is 12.5 Å². The van der Waals surface area contributed by atoms with Crippen molar-refractivity contribution in [2.24, 2.45) is 0 Å². The molecule has 5 heteroatoms. The first-order valence-corrected chi connectivity index (χ1v) is 6.67. The standard InChI is InChI=1S/C15H12ClNO3/c16-12-4-1-10-7-8-20-15(14(10)9-12)11-2-5-13(6-3-11)17(18)19/h1-6,9,15H,7-8H2. The van der Waals surface area contributed by atoms with E-state index in [4.69, 9.17) is 16.3 Å². The molecule has 0 bridgehead atoms. The van der Waals surface area contributed by atoms with Crippen LogP contribution in [0, 0.1) is 10.1 Å². The summed E-state index contributed by atoms with van der Waals surface area (Å²) in [7, 11) is 0. The molecule has 0 saturated heterocycles. The number of benzene rings is 2. The van der Waals surface area contributed by atoms with Crippen LogP contribution >= 0.6 is 11.6 Å². The monoisotopic (exact) mass is 289 g/mol. The Hall–Kier alpha value is -1.91. The van der Waals surface area contributed by atoms with Gasteiger partial charge in [-0.15, -0.1) is 0 Å². The number of rotatable bonds is 2. The maximum atomic E-state index is 10.7. The highest BCUT2D eigenvalue weighted by molar-refractivity contribution is 6.30. The lowest BCUT2D eigenvalue weighted by Crippen LogP contribution is -2.17. The van der Waals surface area contributed by atoms with Crippen molar-refractivity contribution in [1.29, 1.82) is 0 Å². The number of hydrogen-bond donors (Lipinski definition) is 0. The maximum absolute atomic E-state index is 10.7. The average molecular weight is 290 g/mol. The molecule has 0 fully saturated rings. The van der Waals surface area contributed by atoms with E-state index in [2.05, 4.69) is 0 Å². The van der Waals surface area contributed by atoms with E-state index < -0.39 is 4.92 Å². The van der Waals surface area contributed by atoms with Crippen molar-refractivity contribution in [2.75, 3.05) is 6.61 Å². The highest BCUT2D eigenvalue weighted by Gasteiger charge is 2.23. The van der Waals surface area contributed by atoms with Crippen molar-refractivity contribution in [1.82, 2.24) is 0 Å². The third-order valence-electron chi connectivity index (χ3n) is 3.45. The molecule has 0 aliphatic carbocycles. The van der Waals surface area contributed by atoms with Crippen molar-refractivity contribution >= 4 is 17.3 Å². The van der Waals surface area contributed by atoms with Crippen LogP contribution in [0.5, 0.6) is 0 Å². The normalized spacial score (nSPS) is 17.6. The Kier molecular flexibility index (Phi) is 3.42. The van der Waals surface area contributed by atoms with Crippen LogP contribution in [0.3, 0.4) is 0 Å². The van der Waals surface area contributed by atoms with Crippen LogP contribution in [0.4, 0.5) is 5.69 Å². The van der Waals surface area contributed by atoms with Gasteiger partial charge in [-0.25, -0.2) is 0 Å². The highest BCUT2D eigenvalue weighted by atomic mass is 35.5. The van der Waals surface area contributed by atoms with E-state index in [1.54, 1.807) is 12.1 Å². The molecule has 1 aliphatic heterocycles. The van der Waals surface area contributed by atoms with Crippen LogP contribution < -0.4 is 0 Å². The van der Waals surface area contributed by atoms with Crippen LogP contribution in [0.1, 0.15) is 22.8 Å². The molecule has 1 aliphatic rings. The lowest BCUT2D eigenvalue weighted by atomic mass is 9.93. The van der Waals surface area contributed by atoms with Crippen LogP contribution in [-0.4, -0.2) is 11.5 Å². The molecule has 0 N–H and O–H groups in total. The summed E-state index contributed by atoms with van der Waals surface area (Å²) >= 11 is 6.05. The van der Waals surface area contributed by atoms with Crippen molar-refractivity contribution < 1.29 is 9.66 Å². The van der Waals surface area contributed by atoms with Gasteiger partial charge in [0.2, 0.25) is 0 Å². The summed E-state index contributed by atoms with van der Waals surface area (Å²) in [5.41, 5.74) is 3.23. The van der Waals surface area contributed by atoms with Crippen molar-refractivity contribution in [3.63, 3.8) is 0 Å². The number of non-ortho nitro benzene ring substituents is 1. The quantitative estimate of drug-likeness (QED) is 0.622. The van der Waals surface area contributed by atoms with Crippen LogP contribution in [-0.2, 0) is 11.2 Å². The van der Waals surface area contributed by atoms with E-state index in [1.807, 2.05) is 18.2 Å². The van der Waals surface area contributed by atoms with Crippen molar-refractivity contribution in [3.05, 3.63) is 74.3 Å². The number of ether oxygens (including phenoxy) is 1. The van der Waals surface area contributed by atoms with Gasteiger partial charge in [0.1, 0.15) is 6.10 Å². The summed E-state index contributed by atoms with van der Waals surface area (Å²) in [6.45, 7) is 0.635. The topological polar surface area (TPSA) is 52.4 Å². The SMILES string of the molecule is O=[N+]([O-])c1ccc(C2OCCc3ccc(Cl)cc32)cc1. The molecule has 1 unspecified atom stereocenters. The molecule has 4 nitrogen and oxygen atoms in total. The van der Waals surface area contributed by atoms with Gasteiger partial charge in [-0.3, -0.25) is 10.1 Å². The van der Waals surface area contributed by atoms with Gasteiger partial charge in [-0.1, -0.05) is 17.7 Å². The fourth-order valence-corrected chi connectivity index (χ4v) is 2.64. The Bertz CT molecular complexity index is 655. The van der Waals surface area contributed by atoms with Crippen molar-refractivity contribution in [3.8, 4) is 0 Å². The fraction of sp³-hybridized carbons (Fsp3) is 0.200. The van der Waals surface area contributed by atoms with Gasteiger partial charge in [0.05, 0.1) is 11.5 Å². The Balaban J connectivity index is 1.99. The predicted octanol–water partition coefficient (Wildman–Crippen LogP) is 3.91. The van der Waals surface area contributed by atoms with Crippen LogP contribution in [0.25, 0.3) is 0 Å². The number of nitro benzene ring substituents is 1. The molecule has 2 aromatic carbocycles. The molecular formula is C15H12ClNO3. The average Bonchev–Trinajstić information content (AvgIpc) is 2.46. The third-order valence-corrected chi connectivity index (χ3v) is 3.69. The second kappa shape index (κ2) is 5.23. The van der Waals surface area contributed by atoms with Gasteiger partial charge in [-0.05, 0) is 47.4 Å². The largest absolute Gasteiger partial charge is 0.368 e. The van der Waals surface area contributed by atoms with E-state index >= 15 is 0 Å². The number of nitro groups is 1. The van der Waals surface area contributed by atoms with Gasteiger partial charge in [0.15, 0.2) is 0 Å². The lowest BCUT2D eigenvalue weighted by molar-refractivity contribution is -0.384. The third kappa shape index (κ3) is 2.40.